The SMILES string of the molecule is CN1CCC(c2noc(-c3ccc(N)nc3)n2)CC1. The Kier molecular flexibility index (Phi) is 3.16. The summed E-state index contributed by atoms with van der Waals surface area (Å²) in [4.78, 5) is 10.8. The minimum atomic E-state index is 0.399. The Morgan fingerprint density at radius 2 is 2.11 bits per heavy atom. The first kappa shape index (κ1) is 12.1. The van der Waals surface area contributed by atoms with Crippen molar-refractivity contribution in [3.05, 3.63) is 24.2 Å². The van der Waals surface area contributed by atoms with Crippen molar-refractivity contribution < 1.29 is 4.52 Å². The zero-order chi connectivity index (χ0) is 13.2. The Bertz CT molecular complexity index is 542. The summed E-state index contributed by atoms with van der Waals surface area (Å²) >= 11 is 0. The standard InChI is InChI=1S/C13H17N5O/c1-18-6-4-9(5-7-18)12-16-13(19-17-12)10-2-3-11(14)15-8-10/h2-3,8-9H,4-7H2,1H3,(H2,14,15). The monoisotopic (exact) mass is 259 g/mol. The van der Waals surface area contributed by atoms with E-state index in [9.17, 15) is 0 Å². The predicted octanol–water partition coefficient (Wildman–Crippen LogP) is 1.52. The third-order valence-electron chi connectivity index (χ3n) is 3.56. The summed E-state index contributed by atoms with van der Waals surface area (Å²) < 4.78 is 5.32. The van der Waals surface area contributed by atoms with Gasteiger partial charge in [0.1, 0.15) is 5.82 Å². The largest absolute Gasteiger partial charge is 0.384 e. The van der Waals surface area contributed by atoms with Gasteiger partial charge in [-0.2, -0.15) is 4.98 Å². The quantitative estimate of drug-likeness (QED) is 0.880. The number of nitrogens with zero attached hydrogens (tertiary/aromatic N) is 4. The fourth-order valence-electron chi connectivity index (χ4n) is 2.32. The van der Waals surface area contributed by atoms with E-state index in [2.05, 4.69) is 27.1 Å². The fourth-order valence-corrected chi connectivity index (χ4v) is 2.32. The number of hydrogen-bond donors (Lipinski definition) is 1. The average molecular weight is 259 g/mol. The summed E-state index contributed by atoms with van der Waals surface area (Å²) in [6.07, 6.45) is 3.81. The zero-order valence-corrected chi connectivity index (χ0v) is 10.9. The molecule has 1 aliphatic rings. The van der Waals surface area contributed by atoms with Crippen LogP contribution >= 0.6 is 0 Å². The predicted molar refractivity (Wildman–Crippen MR) is 71.4 cm³/mol. The van der Waals surface area contributed by atoms with Gasteiger partial charge in [-0.25, -0.2) is 4.98 Å². The van der Waals surface area contributed by atoms with Crippen molar-refractivity contribution in [2.24, 2.45) is 0 Å². The minimum Gasteiger partial charge on any atom is -0.384 e. The number of pyridine rings is 1. The lowest BCUT2D eigenvalue weighted by atomic mass is 9.97. The number of likely N-dealkylation sites (tertiary alicyclic amines) is 1. The maximum atomic E-state index is 5.56. The summed E-state index contributed by atoms with van der Waals surface area (Å²) in [5.41, 5.74) is 6.36. The van der Waals surface area contributed by atoms with Gasteiger partial charge in [0.15, 0.2) is 5.82 Å². The average Bonchev–Trinajstić information content (AvgIpc) is 2.90. The van der Waals surface area contributed by atoms with E-state index in [4.69, 9.17) is 10.3 Å². The zero-order valence-electron chi connectivity index (χ0n) is 10.9. The van der Waals surface area contributed by atoms with Gasteiger partial charge in [0.2, 0.25) is 0 Å². The summed E-state index contributed by atoms with van der Waals surface area (Å²) in [7, 11) is 2.14. The van der Waals surface area contributed by atoms with Crippen LogP contribution in [-0.4, -0.2) is 40.2 Å². The number of rotatable bonds is 2. The van der Waals surface area contributed by atoms with Crippen molar-refractivity contribution >= 4 is 5.82 Å². The first-order valence-corrected chi connectivity index (χ1v) is 6.46. The number of anilines is 1. The van der Waals surface area contributed by atoms with E-state index in [-0.39, 0.29) is 0 Å². The summed E-state index contributed by atoms with van der Waals surface area (Å²) in [6, 6.07) is 3.57. The van der Waals surface area contributed by atoms with E-state index in [0.29, 0.717) is 17.6 Å². The van der Waals surface area contributed by atoms with Gasteiger partial charge < -0.3 is 15.2 Å². The molecule has 1 saturated heterocycles. The van der Waals surface area contributed by atoms with E-state index in [1.54, 1.807) is 12.3 Å². The number of nitrogens with two attached hydrogens (primary N) is 1. The van der Waals surface area contributed by atoms with Gasteiger partial charge in [-0.3, -0.25) is 0 Å². The second kappa shape index (κ2) is 4.97. The first-order chi connectivity index (χ1) is 9.22. The van der Waals surface area contributed by atoms with Gasteiger partial charge >= 0.3 is 0 Å². The molecule has 0 unspecified atom stereocenters. The van der Waals surface area contributed by atoms with Crippen molar-refractivity contribution in [1.29, 1.82) is 0 Å². The third kappa shape index (κ3) is 2.58. The van der Waals surface area contributed by atoms with Gasteiger partial charge in [0.05, 0.1) is 5.56 Å². The Balaban J connectivity index is 1.77. The van der Waals surface area contributed by atoms with Crippen LogP contribution in [0.25, 0.3) is 11.5 Å². The lowest BCUT2D eigenvalue weighted by Gasteiger charge is -2.26. The Morgan fingerprint density at radius 1 is 1.32 bits per heavy atom. The molecular weight excluding hydrogens is 242 g/mol. The highest BCUT2D eigenvalue weighted by atomic mass is 16.5. The lowest BCUT2D eigenvalue weighted by molar-refractivity contribution is 0.248. The molecule has 1 fully saturated rings. The van der Waals surface area contributed by atoms with Crippen molar-refractivity contribution in [2.75, 3.05) is 25.9 Å². The number of hydrogen-bond acceptors (Lipinski definition) is 6. The molecule has 0 bridgehead atoms. The normalized spacial score (nSPS) is 17.7. The molecule has 0 radical (unpaired) electrons. The third-order valence-corrected chi connectivity index (χ3v) is 3.56. The van der Waals surface area contributed by atoms with E-state index in [0.717, 1.165) is 37.3 Å². The highest BCUT2D eigenvalue weighted by Crippen LogP contribution is 2.27. The number of aromatic nitrogens is 3. The smallest absolute Gasteiger partial charge is 0.259 e. The summed E-state index contributed by atoms with van der Waals surface area (Å²) in [5, 5.41) is 4.10. The molecule has 1 aliphatic heterocycles. The lowest BCUT2D eigenvalue weighted by Crippen LogP contribution is -2.29. The maximum Gasteiger partial charge on any atom is 0.259 e. The van der Waals surface area contributed by atoms with Crippen LogP contribution in [0.15, 0.2) is 22.9 Å². The van der Waals surface area contributed by atoms with Crippen LogP contribution in [0.3, 0.4) is 0 Å². The molecule has 3 rings (SSSR count). The fraction of sp³-hybridized carbons (Fsp3) is 0.462. The maximum absolute atomic E-state index is 5.56. The van der Waals surface area contributed by atoms with Gasteiger partial charge in [0, 0.05) is 12.1 Å². The number of piperidine rings is 1. The van der Waals surface area contributed by atoms with Crippen LogP contribution in [0.1, 0.15) is 24.6 Å². The van der Waals surface area contributed by atoms with Crippen LogP contribution in [0, 0.1) is 0 Å². The highest BCUT2D eigenvalue weighted by molar-refractivity contribution is 5.53. The van der Waals surface area contributed by atoms with Gasteiger partial charge in [-0.05, 0) is 45.1 Å². The molecule has 19 heavy (non-hydrogen) atoms. The molecule has 6 nitrogen and oxygen atoms in total. The molecule has 0 amide bonds. The van der Waals surface area contributed by atoms with Crippen LogP contribution in [-0.2, 0) is 0 Å². The van der Waals surface area contributed by atoms with Crippen LogP contribution in [0.4, 0.5) is 5.82 Å². The molecule has 2 aromatic rings. The van der Waals surface area contributed by atoms with E-state index in [1.165, 1.54) is 0 Å². The molecule has 6 heteroatoms. The van der Waals surface area contributed by atoms with Crippen LogP contribution in [0.2, 0.25) is 0 Å². The number of nitrogen functional groups attached to an aromatic ring is 1. The Hall–Kier alpha value is -1.95. The summed E-state index contributed by atoms with van der Waals surface area (Å²) in [5.74, 6) is 2.20. The molecule has 0 aromatic carbocycles. The van der Waals surface area contributed by atoms with Gasteiger partial charge in [-0.15, -0.1) is 0 Å². The molecule has 2 aromatic heterocycles. The molecule has 3 heterocycles. The second-order valence-corrected chi connectivity index (χ2v) is 5.01. The Labute approximate surface area is 111 Å². The molecular formula is C13H17N5O. The highest BCUT2D eigenvalue weighted by Gasteiger charge is 2.23. The van der Waals surface area contributed by atoms with Crippen LogP contribution < -0.4 is 5.73 Å². The molecule has 0 spiro atoms. The topological polar surface area (TPSA) is 81.1 Å². The van der Waals surface area contributed by atoms with Gasteiger partial charge in [-0.1, -0.05) is 5.16 Å². The van der Waals surface area contributed by atoms with Crippen molar-refractivity contribution in [1.82, 2.24) is 20.0 Å². The van der Waals surface area contributed by atoms with Crippen molar-refractivity contribution in [2.45, 2.75) is 18.8 Å². The van der Waals surface area contributed by atoms with Crippen molar-refractivity contribution in [3.63, 3.8) is 0 Å². The molecule has 0 aliphatic carbocycles. The molecule has 0 saturated carbocycles. The molecule has 100 valence electrons. The van der Waals surface area contributed by atoms with Crippen molar-refractivity contribution in [3.8, 4) is 11.5 Å². The summed E-state index contributed by atoms with van der Waals surface area (Å²) in [6.45, 7) is 2.16. The van der Waals surface area contributed by atoms with E-state index in [1.807, 2.05) is 6.07 Å². The van der Waals surface area contributed by atoms with E-state index >= 15 is 0 Å². The molecule has 0 atom stereocenters. The molecule has 2 N–H and O–H groups in total. The minimum absolute atomic E-state index is 0.399. The first-order valence-electron chi connectivity index (χ1n) is 6.46. The Morgan fingerprint density at radius 3 is 2.79 bits per heavy atom. The van der Waals surface area contributed by atoms with Crippen LogP contribution in [0.5, 0.6) is 0 Å². The second-order valence-electron chi connectivity index (χ2n) is 5.01. The van der Waals surface area contributed by atoms with Gasteiger partial charge in [0.25, 0.3) is 5.89 Å². The van der Waals surface area contributed by atoms with E-state index < -0.39 is 0 Å².